The van der Waals surface area contributed by atoms with Crippen molar-refractivity contribution in [1.29, 1.82) is 0 Å². The lowest BCUT2D eigenvalue weighted by Gasteiger charge is -2.48. The molecule has 1 saturated heterocycles. The Morgan fingerprint density at radius 1 is 0.795 bits per heavy atom. The average Bonchev–Trinajstić information content (AvgIpc) is 2.98. The normalized spacial score (nSPS) is 18.5. The third-order valence-electron chi connectivity index (χ3n) is 7.98. The highest BCUT2D eigenvalue weighted by Crippen LogP contribution is 2.26. The number of unbranched alkanes of at least 4 members (excludes halogenated alkanes) is 1. The molecular weight excluding hydrogens is 576 g/mol. The molecule has 12 heteroatoms. The fourth-order valence-electron chi connectivity index (χ4n) is 5.78. The van der Waals surface area contributed by atoms with Crippen molar-refractivity contribution in [3.63, 3.8) is 0 Å². The summed E-state index contributed by atoms with van der Waals surface area (Å²) >= 11 is 0. The molecule has 1 aliphatic heterocycles. The van der Waals surface area contributed by atoms with Gasteiger partial charge in [-0.2, -0.15) is 0 Å². The number of piperazine rings is 1. The second-order valence-corrected chi connectivity index (χ2v) is 12.1. The van der Waals surface area contributed by atoms with Gasteiger partial charge in [0.15, 0.2) is 23.3 Å². The molecule has 2 amide bonds. The zero-order chi connectivity index (χ0) is 32.4. The predicted molar refractivity (Wildman–Crippen MR) is 162 cm³/mol. The van der Waals surface area contributed by atoms with E-state index < -0.39 is 35.4 Å². The molecular formula is C32H46F4N6O2. The minimum atomic E-state index is -1.01. The first-order valence-corrected chi connectivity index (χ1v) is 15.3. The molecule has 0 aromatic heterocycles. The van der Waals surface area contributed by atoms with Gasteiger partial charge in [0, 0.05) is 38.3 Å². The molecule has 0 saturated carbocycles. The van der Waals surface area contributed by atoms with Gasteiger partial charge in [-0.1, -0.05) is 32.4 Å². The second-order valence-electron chi connectivity index (χ2n) is 12.1. The minimum Gasteiger partial charge on any atom is -0.335 e. The lowest BCUT2D eigenvalue weighted by Crippen LogP contribution is -2.65. The zero-order valence-corrected chi connectivity index (χ0v) is 25.6. The summed E-state index contributed by atoms with van der Waals surface area (Å²) in [6.45, 7) is 6.49. The van der Waals surface area contributed by atoms with Gasteiger partial charge in [0.2, 0.25) is 11.8 Å². The van der Waals surface area contributed by atoms with Gasteiger partial charge < -0.3 is 32.3 Å². The van der Waals surface area contributed by atoms with Gasteiger partial charge in [-0.3, -0.25) is 9.59 Å². The number of amides is 2. The Balaban J connectivity index is 1.81. The standard InChI is InChI=1S/C32H46F4N6O2/c1-20(2)13-24-19-41(31(43)29(38)16-21-6-8-25(33)27(35)14-21)23(5-3-4-11-40-12-10-37)18-42(24)32(44)30(39)17-22-7-9-26(34)28(36)15-22/h6-9,14-15,20,23-24,29-30,40H,3-5,10-13,16-19,37-39H2,1-2H3/t23-,24+,29+,30?/m0/s1. The summed E-state index contributed by atoms with van der Waals surface area (Å²) < 4.78 is 54.5. The van der Waals surface area contributed by atoms with Crippen molar-refractivity contribution in [1.82, 2.24) is 15.1 Å². The van der Waals surface area contributed by atoms with Crippen LogP contribution in [0.1, 0.15) is 50.7 Å². The number of hydrogen-bond donors (Lipinski definition) is 4. The van der Waals surface area contributed by atoms with Crippen molar-refractivity contribution >= 4 is 11.8 Å². The number of nitrogens with one attached hydrogen (secondary N) is 1. The Hall–Kier alpha value is -3.06. The molecule has 7 N–H and O–H groups in total. The van der Waals surface area contributed by atoms with Crippen molar-refractivity contribution in [2.75, 3.05) is 32.7 Å². The van der Waals surface area contributed by atoms with Gasteiger partial charge >= 0.3 is 0 Å². The summed E-state index contributed by atoms with van der Waals surface area (Å²) in [4.78, 5) is 31.0. The molecule has 4 atom stereocenters. The summed E-state index contributed by atoms with van der Waals surface area (Å²) in [5.41, 5.74) is 19.1. The lowest BCUT2D eigenvalue weighted by molar-refractivity contribution is -0.149. The number of nitrogens with two attached hydrogens (primary N) is 3. The number of halogens is 4. The van der Waals surface area contributed by atoms with Crippen LogP contribution in [0.3, 0.4) is 0 Å². The van der Waals surface area contributed by atoms with Crippen molar-refractivity contribution in [3.05, 3.63) is 70.8 Å². The van der Waals surface area contributed by atoms with Crippen LogP contribution in [0.4, 0.5) is 17.6 Å². The molecule has 1 heterocycles. The van der Waals surface area contributed by atoms with E-state index in [9.17, 15) is 27.2 Å². The van der Waals surface area contributed by atoms with Crippen LogP contribution < -0.4 is 22.5 Å². The Labute approximate surface area is 257 Å². The third kappa shape index (κ3) is 9.98. The van der Waals surface area contributed by atoms with Crippen LogP contribution in [0.2, 0.25) is 0 Å². The SMILES string of the molecule is CC(C)C[C@@H]1CN(C(=O)[C@H](N)Cc2ccc(F)c(F)c2)[C@@H](CCCCNCCN)CN1C(=O)C(N)Cc1ccc(F)c(F)c1. The van der Waals surface area contributed by atoms with E-state index in [1.54, 1.807) is 9.80 Å². The van der Waals surface area contributed by atoms with Gasteiger partial charge in [-0.15, -0.1) is 0 Å². The first-order chi connectivity index (χ1) is 20.9. The zero-order valence-electron chi connectivity index (χ0n) is 25.6. The number of rotatable bonds is 15. The summed E-state index contributed by atoms with van der Waals surface area (Å²) in [5.74, 6) is -4.43. The number of nitrogens with zero attached hydrogens (tertiary/aromatic N) is 2. The third-order valence-corrected chi connectivity index (χ3v) is 7.98. The fraction of sp³-hybridized carbons (Fsp3) is 0.562. The van der Waals surface area contributed by atoms with E-state index in [1.807, 2.05) is 13.8 Å². The summed E-state index contributed by atoms with van der Waals surface area (Å²) in [5, 5.41) is 3.25. The number of benzene rings is 2. The molecule has 8 nitrogen and oxygen atoms in total. The maximum atomic E-state index is 13.8. The average molecular weight is 623 g/mol. The van der Waals surface area contributed by atoms with Gasteiger partial charge in [0.1, 0.15) is 0 Å². The topological polar surface area (TPSA) is 131 Å². The van der Waals surface area contributed by atoms with Crippen molar-refractivity contribution in [3.8, 4) is 0 Å². The largest absolute Gasteiger partial charge is 0.335 e. The smallest absolute Gasteiger partial charge is 0.240 e. The van der Waals surface area contributed by atoms with Crippen LogP contribution >= 0.6 is 0 Å². The molecule has 0 bridgehead atoms. The van der Waals surface area contributed by atoms with Crippen LogP contribution in [0.5, 0.6) is 0 Å². The summed E-state index contributed by atoms with van der Waals surface area (Å²) in [6.07, 6.45) is 2.85. The van der Waals surface area contributed by atoms with Gasteiger partial charge in [0.25, 0.3) is 0 Å². The van der Waals surface area contributed by atoms with Crippen LogP contribution in [0.15, 0.2) is 36.4 Å². The highest BCUT2D eigenvalue weighted by Gasteiger charge is 2.40. The Bertz CT molecular complexity index is 1250. The first-order valence-electron chi connectivity index (χ1n) is 15.3. The Morgan fingerprint density at radius 2 is 1.30 bits per heavy atom. The molecule has 1 unspecified atom stereocenters. The number of carbonyl (C=O) groups excluding carboxylic acids is 2. The molecule has 0 spiro atoms. The lowest BCUT2D eigenvalue weighted by atomic mass is 9.93. The monoisotopic (exact) mass is 622 g/mol. The Kier molecular flexibility index (Phi) is 13.6. The highest BCUT2D eigenvalue weighted by atomic mass is 19.2. The van der Waals surface area contributed by atoms with Crippen LogP contribution in [-0.4, -0.2) is 78.5 Å². The summed E-state index contributed by atoms with van der Waals surface area (Å²) in [7, 11) is 0. The van der Waals surface area contributed by atoms with E-state index in [-0.39, 0.29) is 55.7 Å². The van der Waals surface area contributed by atoms with E-state index in [0.717, 1.165) is 43.7 Å². The molecule has 0 aliphatic carbocycles. The molecule has 1 aliphatic rings. The highest BCUT2D eigenvalue weighted by molar-refractivity contribution is 5.85. The van der Waals surface area contributed by atoms with Crippen molar-refractivity contribution < 1.29 is 27.2 Å². The van der Waals surface area contributed by atoms with Gasteiger partial charge in [0.05, 0.1) is 12.1 Å². The fourth-order valence-corrected chi connectivity index (χ4v) is 5.78. The number of carbonyl (C=O) groups is 2. The van der Waals surface area contributed by atoms with Gasteiger partial charge in [-0.05, 0) is 80.0 Å². The van der Waals surface area contributed by atoms with Crippen molar-refractivity contribution in [2.24, 2.45) is 23.1 Å². The minimum absolute atomic E-state index is 0.0266. The van der Waals surface area contributed by atoms with Crippen LogP contribution in [0.25, 0.3) is 0 Å². The van der Waals surface area contributed by atoms with E-state index in [4.69, 9.17) is 17.2 Å². The maximum absolute atomic E-state index is 13.8. The molecule has 0 radical (unpaired) electrons. The summed E-state index contributed by atoms with van der Waals surface area (Å²) in [6, 6.07) is 4.23. The first kappa shape index (κ1) is 35.4. The second kappa shape index (κ2) is 16.9. The predicted octanol–water partition coefficient (Wildman–Crippen LogP) is 2.86. The molecule has 1 fully saturated rings. The molecule has 244 valence electrons. The van der Waals surface area contributed by atoms with Crippen LogP contribution in [-0.2, 0) is 22.4 Å². The van der Waals surface area contributed by atoms with E-state index >= 15 is 0 Å². The molecule has 2 aromatic rings. The quantitative estimate of drug-likeness (QED) is 0.179. The molecule has 44 heavy (non-hydrogen) atoms. The molecule has 3 rings (SSSR count). The number of hydrogen-bond acceptors (Lipinski definition) is 6. The van der Waals surface area contributed by atoms with Crippen LogP contribution in [0, 0.1) is 29.2 Å². The van der Waals surface area contributed by atoms with E-state index in [0.29, 0.717) is 37.1 Å². The van der Waals surface area contributed by atoms with E-state index in [1.165, 1.54) is 12.1 Å². The molecule has 2 aromatic carbocycles. The maximum Gasteiger partial charge on any atom is 0.240 e. The van der Waals surface area contributed by atoms with Gasteiger partial charge in [-0.25, -0.2) is 17.6 Å². The van der Waals surface area contributed by atoms with Crippen molar-refractivity contribution in [2.45, 2.75) is 76.5 Å². The Morgan fingerprint density at radius 3 is 1.77 bits per heavy atom. The van der Waals surface area contributed by atoms with E-state index in [2.05, 4.69) is 5.32 Å².